The summed E-state index contributed by atoms with van der Waals surface area (Å²) < 4.78 is 3.96. The first-order chi connectivity index (χ1) is 10.1. The van der Waals surface area contributed by atoms with Crippen LogP contribution < -0.4 is 0 Å². The van der Waals surface area contributed by atoms with Gasteiger partial charge in [-0.2, -0.15) is 0 Å². The van der Waals surface area contributed by atoms with Crippen molar-refractivity contribution < 1.29 is 0 Å². The van der Waals surface area contributed by atoms with Gasteiger partial charge in [0.05, 0.1) is 3.79 Å². The predicted molar refractivity (Wildman–Crippen MR) is 99.8 cm³/mol. The Morgan fingerprint density at radius 2 is 1.57 bits per heavy atom. The average Bonchev–Trinajstić information content (AvgIpc) is 2.98. The first kappa shape index (κ1) is 13.5. The summed E-state index contributed by atoms with van der Waals surface area (Å²) in [5, 5.41) is 2.74. The van der Waals surface area contributed by atoms with Crippen LogP contribution in [-0.4, -0.2) is 0 Å². The standard InChI is InChI=1S/C18H13BrS2/c1-10-13-5-3-4-6-15(13)20-17(10)12-7-8-16-14(9-12)11(2)18(19)21-16/h3-9H,1-2H3. The van der Waals surface area contributed by atoms with Crippen LogP contribution in [0.5, 0.6) is 0 Å². The Kier molecular flexibility index (Phi) is 3.18. The van der Waals surface area contributed by atoms with E-state index in [9.17, 15) is 0 Å². The van der Waals surface area contributed by atoms with Crippen LogP contribution in [0, 0.1) is 13.8 Å². The molecule has 0 aliphatic heterocycles. The van der Waals surface area contributed by atoms with Crippen molar-refractivity contribution in [3.63, 3.8) is 0 Å². The van der Waals surface area contributed by atoms with E-state index in [0.29, 0.717) is 0 Å². The van der Waals surface area contributed by atoms with Crippen LogP contribution in [-0.2, 0) is 0 Å². The zero-order valence-corrected chi connectivity index (χ0v) is 15.0. The van der Waals surface area contributed by atoms with Crippen LogP contribution in [0.1, 0.15) is 11.1 Å². The van der Waals surface area contributed by atoms with Crippen molar-refractivity contribution in [2.24, 2.45) is 0 Å². The highest BCUT2D eigenvalue weighted by Gasteiger charge is 2.12. The van der Waals surface area contributed by atoms with Gasteiger partial charge in [-0.3, -0.25) is 0 Å². The van der Waals surface area contributed by atoms with E-state index in [-0.39, 0.29) is 0 Å². The molecule has 0 saturated heterocycles. The van der Waals surface area contributed by atoms with Gasteiger partial charge < -0.3 is 0 Å². The lowest BCUT2D eigenvalue weighted by Crippen LogP contribution is -1.77. The molecule has 2 aromatic carbocycles. The highest BCUT2D eigenvalue weighted by atomic mass is 79.9. The molecule has 0 atom stereocenters. The summed E-state index contributed by atoms with van der Waals surface area (Å²) in [4.78, 5) is 1.39. The summed E-state index contributed by atoms with van der Waals surface area (Å²) in [6.07, 6.45) is 0. The fourth-order valence-corrected chi connectivity index (χ4v) is 5.64. The van der Waals surface area contributed by atoms with Crippen LogP contribution in [0.25, 0.3) is 30.6 Å². The summed E-state index contributed by atoms with van der Waals surface area (Å²) in [7, 11) is 0. The molecule has 4 aromatic rings. The molecule has 3 heteroatoms. The van der Waals surface area contributed by atoms with Crippen molar-refractivity contribution in [2.75, 3.05) is 0 Å². The monoisotopic (exact) mass is 372 g/mol. The Hall–Kier alpha value is -1.16. The molecule has 0 unspecified atom stereocenters. The minimum absolute atomic E-state index is 1.24. The maximum atomic E-state index is 3.65. The molecule has 4 rings (SSSR count). The first-order valence-electron chi connectivity index (χ1n) is 6.82. The van der Waals surface area contributed by atoms with Crippen molar-refractivity contribution in [2.45, 2.75) is 13.8 Å². The van der Waals surface area contributed by atoms with Gasteiger partial charge in [0.2, 0.25) is 0 Å². The minimum Gasteiger partial charge on any atom is -0.135 e. The number of rotatable bonds is 1. The van der Waals surface area contributed by atoms with Crippen molar-refractivity contribution >= 4 is 58.8 Å². The summed E-state index contributed by atoms with van der Waals surface area (Å²) in [5.41, 5.74) is 4.06. The molecule has 21 heavy (non-hydrogen) atoms. The second-order valence-electron chi connectivity index (χ2n) is 5.26. The van der Waals surface area contributed by atoms with E-state index in [0.717, 1.165) is 0 Å². The summed E-state index contributed by atoms with van der Waals surface area (Å²) in [6.45, 7) is 4.42. The SMILES string of the molecule is Cc1c(Br)sc2ccc(-c3sc4ccccc4c3C)cc12. The Morgan fingerprint density at radius 1 is 0.810 bits per heavy atom. The van der Waals surface area contributed by atoms with E-state index in [4.69, 9.17) is 0 Å². The third kappa shape index (κ3) is 2.07. The fourth-order valence-electron chi connectivity index (χ4n) is 2.78. The lowest BCUT2D eigenvalue weighted by molar-refractivity contribution is 1.55. The van der Waals surface area contributed by atoms with E-state index < -0.39 is 0 Å². The van der Waals surface area contributed by atoms with Gasteiger partial charge in [-0.1, -0.05) is 24.3 Å². The van der Waals surface area contributed by atoms with Gasteiger partial charge in [-0.05, 0) is 75.4 Å². The molecular formula is C18H13BrS2. The quantitative estimate of drug-likeness (QED) is 0.332. The van der Waals surface area contributed by atoms with E-state index in [2.05, 4.69) is 72.2 Å². The number of fused-ring (bicyclic) bond motifs is 2. The lowest BCUT2D eigenvalue weighted by atomic mass is 10.0. The minimum atomic E-state index is 1.24. The fraction of sp³-hybridized carbons (Fsp3) is 0.111. The number of halogens is 1. The summed E-state index contributed by atoms with van der Waals surface area (Å²) in [6, 6.07) is 15.5. The van der Waals surface area contributed by atoms with Gasteiger partial charge in [-0.15, -0.1) is 22.7 Å². The molecule has 0 spiro atoms. The lowest BCUT2D eigenvalue weighted by Gasteiger charge is -2.01. The third-order valence-electron chi connectivity index (χ3n) is 3.98. The number of aryl methyl sites for hydroxylation is 2. The molecule has 0 N–H and O–H groups in total. The molecule has 104 valence electrons. The van der Waals surface area contributed by atoms with E-state index in [1.165, 1.54) is 45.5 Å². The topological polar surface area (TPSA) is 0 Å². The highest BCUT2D eigenvalue weighted by molar-refractivity contribution is 9.11. The number of benzene rings is 2. The Balaban J connectivity index is 1.99. The van der Waals surface area contributed by atoms with Crippen LogP contribution in [0.15, 0.2) is 46.3 Å². The van der Waals surface area contributed by atoms with Crippen molar-refractivity contribution in [3.05, 3.63) is 57.4 Å². The zero-order chi connectivity index (χ0) is 14.6. The molecule has 0 fully saturated rings. The molecule has 0 aliphatic rings. The maximum Gasteiger partial charge on any atom is 0.0740 e. The average molecular weight is 373 g/mol. The molecule has 0 bridgehead atoms. The number of hydrogen-bond donors (Lipinski definition) is 0. The molecule has 2 heterocycles. The second kappa shape index (κ2) is 4.94. The van der Waals surface area contributed by atoms with Gasteiger partial charge in [0.25, 0.3) is 0 Å². The van der Waals surface area contributed by atoms with Crippen molar-refractivity contribution in [3.8, 4) is 10.4 Å². The Bertz CT molecular complexity index is 976. The largest absolute Gasteiger partial charge is 0.135 e. The molecule has 0 nitrogen and oxygen atoms in total. The normalized spacial score (nSPS) is 11.6. The van der Waals surface area contributed by atoms with Crippen LogP contribution >= 0.6 is 38.6 Å². The predicted octanol–water partition coefficient (Wildman–Crippen LogP) is 7.16. The smallest absolute Gasteiger partial charge is 0.0740 e. The van der Waals surface area contributed by atoms with E-state index in [1.54, 1.807) is 0 Å². The second-order valence-corrected chi connectivity index (χ2v) is 8.69. The van der Waals surface area contributed by atoms with Gasteiger partial charge in [0.15, 0.2) is 0 Å². The number of thiophene rings is 2. The van der Waals surface area contributed by atoms with Crippen LogP contribution in [0.4, 0.5) is 0 Å². The van der Waals surface area contributed by atoms with Crippen LogP contribution in [0.2, 0.25) is 0 Å². The molecule has 2 aromatic heterocycles. The molecule has 0 radical (unpaired) electrons. The van der Waals surface area contributed by atoms with Crippen molar-refractivity contribution in [1.82, 2.24) is 0 Å². The van der Waals surface area contributed by atoms with Gasteiger partial charge in [0.1, 0.15) is 0 Å². The molecular weight excluding hydrogens is 360 g/mol. The Labute approximate surface area is 140 Å². The third-order valence-corrected chi connectivity index (χ3v) is 7.45. The highest BCUT2D eigenvalue weighted by Crippen LogP contribution is 2.41. The van der Waals surface area contributed by atoms with Gasteiger partial charge >= 0.3 is 0 Å². The molecule has 0 saturated carbocycles. The summed E-state index contributed by atoms with van der Waals surface area (Å²) >= 11 is 7.35. The Morgan fingerprint density at radius 3 is 2.38 bits per heavy atom. The van der Waals surface area contributed by atoms with Crippen molar-refractivity contribution in [1.29, 1.82) is 0 Å². The first-order valence-corrected chi connectivity index (χ1v) is 9.25. The van der Waals surface area contributed by atoms with E-state index in [1.807, 2.05) is 22.7 Å². The van der Waals surface area contributed by atoms with Gasteiger partial charge in [-0.25, -0.2) is 0 Å². The zero-order valence-electron chi connectivity index (χ0n) is 11.7. The summed E-state index contributed by atoms with van der Waals surface area (Å²) in [5.74, 6) is 0. The number of hydrogen-bond acceptors (Lipinski definition) is 2. The van der Waals surface area contributed by atoms with E-state index >= 15 is 0 Å². The molecule has 0 amide bonds. The maximum absolute atomic E-state index is 3.65. The van der Waals surface area contributed by atoms with Gasteiger partial charge in [0, 0.05) is 14.3 Å². The van der Waals surface area contributed by atoms with Crippen LogP contribution in [0.3, 0.4) is 0 Å². The molecule has 0 aliphatic carbocycles.